The molecule has 1 atom stereocenters. The highest BCUT2D eigenvalue weighted by atomic mass is 19.1. The molecule has 1 fully saturated rings. The number of rotatable bonds is 4. The van der Waals surface area contributed by atoms with Crippen molar-refractivity contribution in [2.24, 2.45) is 0 Å². The number of imide groups is 1. The Kier molecular flexibility index (Phi) is 4.41. The van der Waals surface area contributed by atoms with Crippen LogP contribution in [0.3, 0.4) is 0 Å². The molecule has 1 aliphatic heterocycles. The monoisotopic (exact) mass is 370 g/mol. The van der Waals surface area contributed by atoms with Gasteiger partial charge in [-0.1, -0.05) is 6.07 Å². The largest absolute Gasteiger partial charge is 0.325 e. The number of pyridine rings is 1. The van der Waals surface area contributed by atoms with Crippen molar-refractivity contribution in [3.63, 3.8) is 0 Å². The molecule has 1 unspecified atom stereocenters. The third-order valence-corrected chi connectivity index (χ3v) is 4.26. The highest BCUT2D eigenvalue weighted by Crippen LogP contribution is 2.28. The van der Waals surface area contributed by atoms with Crippen LogP contribution in [0.1, 0.15) is 28.5 Å². The number of hydrogen-bond donors (Lipinski definition) is 1. The molecule has 3 rings (SSSR count). The Labute approximate surface area is 152 Å². The van der Waals surface area contributed by atoms with Crippen LogP contribution in [0, 0.1) is 23.0 Å². The van der Waals surface area contributed by atoms with Crippen molar-refractivity contribution in [2.45, 2.75) is 12.5 Å². The zero-order chi connectivity index (χ0) is 19.8. The smallest absolute Gasteiger partial charge is 0.319 e. The first-order valence-corrected chi connectivity index (χ1v) is 7.75. The van der Waals surface area contributed by atoms with E-state index in [1.807, 2.05) is 6.07 Å². The SMILES string of the molecule is CC1(c2ccc(C#N)nc2)NC(=O)N(CC(=O)c2ccc(F)cc2F)C1=O. The standard InChI is InChI=1S/C18H12F2N4O3/c1-18(10-2-4-12(7-21)22-8-10)16(26)24(17(27)23-18)9-15(25)13-5-3-11(19)6-14(13)20/h2-6,8H,9H2,1H3,(H,23,27). The number of aromatic nitrogens is 1. The summed E-state index contributed by atoms with van der Waals surface area (Å²) < 4.78 is 26.7. The van der Waals surface area contributed by atoms with E-state index in [1.54, 1.807) is 0 Å². The summed E-state index contributed by atoms with van der Waals surface area (Å²) in [6, 6.07) is 6.28. The Balaban J connectivity index is 1.85. The Bertz CT molecular complexity index is 1000. The van der Waals surface area contributed by atoms with Crippen LogP contribution in [0.2, 0.25) is 0 Å². The van der Waals surface area contributed by atoms with Crippen LogP contribution in [0.4, 0.5) is 13.6 Å². The summed E-state index contributed by atoms with van der Waals surface area (Å²) in [5, 5.41) is 11.3. The summed E-state index contributed by atoms with van der Waals surface area (Å²) in [5.74, 6) is -3.50. The van der Waals surface area contributed by atoms with Gasteiger partial charge >= 0.3 is 6.03 Å². The van der Waals surface area contributed by atoms with Gasteiger partial charge in [0.2, 0.25) is 0 Å². The fourth-order valence-corrected chi connectivity index (χ4v) is 2.74. The maximum Gasteiger partial charge on any atom is 0.325 e. The van der Waals surface area contributed by atoms with Crippen molar-refractivity contribution in [3.05, 3.63) is 65.0 Å². The highest BCUT2D eigenvalue weighted by molar-refractivity contribution is 6.11. The molecule has 3 amide bonds. The second-order valence-electron chi connectivity index (χ2n) is 6.04. The van der Waals surface area contributed by atoms with Gasteiger partial charge in [0.1, 0.15) is 28.9 Å². The zero-order valence-electron chi connectivity index (χ0n) is 14.0. The lowest BCUT2D eigenvalue weighted by atomic mass is 9.93. The predicted octanol–water partition coefficient (Wildman–Crippen LogP) is 1.88. The molecule has 0 radical (unpaired) electrons. The third kappa shape index (κ3) is 3.13. The molecular formula is C18H12F2N4O3. The molecule has 27 heavy (non-hydrogen) atoms. The number of amides is 3. The van der Waals surface area contributed by atoms with Crippen molar-refractivity contribution in [2.75, 3.05) is 6.54 Å². The summed E-state index contributed by atoms with van der Waals surface area (Å²) in [7, 11) is 0. The molecule has 9 heteroatoms. The number of carbonyl (C=O) groups is 3. The minimum Gasteiger partial charge on any atom is -0.319 e. The van der Waals surface area contributed by atoms with Crippen LogP contribution >= 0.6 is 0 Å². The maximum atomic E-state index is 13.8. The minimum absolute atomic E-state index is 0.137. The van der Waals surface area contributed by atoms with Gasteiger partial charge in [0.25, 0.3) is 5.91 Å². The molecule has 1 N–H and O–H groups in total. The Hall–Kier alpha value is -3.67. The molecule has 136 valence electrons. The van der Waals surface area contributed by atoms with Crippen LogP contribution in [-0.4, -0.2) is 34.2 Å². The van der Waals surface area contributed by atoms with Gasteiger partial charge in [0.15, 0.2) is 5.78 Å². The number of benzene rings is 1. The van der Waals surface area contributed by atoms with Crippen LogP contribution in [0.15, 0.2) is 36.5 Å². The molecule has 0 bridgehead atoms. The Morgan fingerprint density at radius 2 is 2.04 bits per heavy atom. The van der Waals surface area contributed by atoms with E-state index < -0.39 is 47.0 Å². The van der Waals surface area contributed by atoms with Crippen LogP contribution in [0.5, 0.6) is 0 Å². The molecule has 1 aromatic carbocycles. The summed E-state index contributed by atoms with van der Waals surface area (Å²) in [6.07, 6.45) is 1.28. The number of nitriles is 1. The molecule has 7 nitrogen and oxygen atoms in total. The van der Waals surface area contributed by atoms with Crippen LogP contribution in [0.25, 0.3) is 0 Å². The average Bonchev–Trinajstić information content (AvgIpc) is 2.85. The fourth-order valence-electron chi connectivity index (χ4n) is 2.74. The van der Waals surface area contributed by atoms with Gasteiger partial charge in [-0.3, -0.25) is 14.5 Å². The maximum absolute atomic E-state index is 13.8. The summed E-state index contributed by atoms with van der Waals surface area (Å²) in [6.45, 7) is 0.728. The number of ketones is 1. The number of carbonyl (C=O) groups excluding carboxylic acids is 3. The molecule has 2 aromatic rings. The Morgan fingerprint density at radius 3 is 2.63 bits per heavy atom. The second-order valence-corrected chi connectivity index (χ2v) is 6.04. The highest BCUT2D eigenvalue weighted by Gasteiger charge is 2.49. The Morgan fingerprint density at radius 1 is 1.30 bits per heavy atom. The normalized spacial score (nSPS) is 19.0. The second kappa shape index (κ2) is 6.57. The number of nitrogens with zero attached hydrogens (tertiary/aromatic N) is 3. The molecule has 1 saturated heterocycles. The number of nitrogens with one attached hydrogen (secondary N) is 1. The van der Waals surface area contributed by atoms with Crippen molar-refractivity contribution in [1.29, 1.82) is 5.26 Å². The average molecular weight is 370 g/mol. The van der Waals surface area contributed by atoms with Crippen molar-refractivity contribution in [3.8, 4) is 6.07 Å². The first-order chi connectivity index (χ1) is 12.8. The zero-order valence-corrected chi connectivity index (χ0v) is 14.0. The lowest BCUT2D eigenvalue weighted by molar-refractivity contribution is -0.130. The minimum atomic E-state index is -1.49. The number of urea groups is 1. The number of halogens is 2. The van der Waals surface area contributed by atoms with Gasteiger partial charge in [-0.15, -0.1) is 0 Å². The van der Waals surface area contributed by atoms with E-state index in [2.05, 4.69) is 10.3 Å². The molecule has 0 saturated carbocycles. The quantitative estimate of drug-likeness (QED) is 0.654. The van der Waals surface area contributed by atoms with Crippen molar-refractivity contribution in [1.82, 2.24) is 15.2 Å². The van der Waals surface area contributed by atoms with Crippen molar-refractivity contribution < 1.29 is 23.2 Å². The van der Waals surface area contributed by atoms with Crippen molar-refractivity contribution >= 4 is 17.7 Å². The van der Waals surface area contributed by atoms with Gasteiger partial charge in [0, 0.05) is 17.8 Å². The van der Waals surface area contributed by atoms with E-state index >= 15 is 0 Å². The topological polar surface area (TPSA) is 103 Å². The van der Waals surface area contributed by atoms with E-state index in [0.29, 0.717) is 16.5 Å². The lowest BCUT2D eigenvalue weighted by Crippen LogP contribution is -2.41. The molecule has 0 spiro atoms. The van der Waals surface area contributed by atoms with E-state index in [1.165, 1.54) is 25.3 Å². The summed E-state index contributed by atoms with van der Waals surface area (Å²) >= 11 is 0. The summed E-state index contributed by atoms with van der Waals surface area (Å²) in [5.41, 5.74) is -1.45. The van der Waals surface area contributed by atoms with Gasteiger partial charge in [0.05, 0.1) is 12.1 Å². The van der Waals surface area contributed by atoms with E-state index in [0.717, 1.165) is 12.1 Å². The third-order valence-electron chi connectivity index (χ3n) is 4.26. The first kappa shape index (κ1) is 18.1. The lowest BCUT2D eigenvalue weighted by Gasteiger charge is -2.21. The molecular weight excluding hydrogens is 358 g/mol. The fraction of sp³-hybridized carbons (Fsp3) is 0.167. The van der Waals surface area contributed by atoms with E-state index in [9.17, 15) is 23.2 Å². The van der Waals surface area contributed by atoms with Gasteiger partial charge in [-0.2, -0.15) is 5.26 Å². The van der Waals surface area contributed by atoms with E-state index in [-0.39, 0.29) is 5.69 Å². The van der Waals surface area contributed by atoms with Crippen LogP contribution < -0.4 is 5.32 Å². The molecule has 0 aliphatic carbocycles. The van der Waals surface area contributed by atoms with Gasteiger partial charge < -0.3 is 5.32 Å². The van der Waals surface area contributed by atoms with E-state index in [4.69, 9.17) is 5.26 Å². The summed E-state index contributed by atoms with van der Waals surface area (Å²) in [4.78, 5) is 41.8. The number of Topliss-reactive ketones (excluding diaryl/α,β-unsaturated/α-hetero) is 1. The predicted molar refractivity (Wildman–Crippen MR) is 87.2 cm³/mol. The first-order valence-electron chi connectivity index (χ1n) is 7.75. The van der Waals surface area contributed by atoms with Gasteiger partial charge in [-0.05, 0) is 25.1 Å². The number of hydrogen-bond acceptors (Lipinski definition) is 5. The van der Waals surface area contributed by atoms with Crippen LogP contribution in [-0.2, 0) is 10.3 Å². The van der Waals surface area contributed by atoms with Gasteiger partial charge in [-0.25, -0.2) is 18.6 Å². The molecule has 2 heterocycles. The molecule has 1 aliphatic rings. The molecule has 1 aromatic heterocycles.